The number of nitrogens with zero attached hydrogens (tertiary/aromatic N) is 1. The molecule has 14 heavy (non-hydrogen) atoms. The average Bonchev–Trinajstić information content (AvgIpc) is 2.12. The molecular formula is C12H24N2. The number of nitrogens with one attached hydrogen (secondary N) is 1. The van der Waals surface area contributed by atoms with E-state index in [1.165, 1.54) is 0 Å². The Hall–Kier alpha value is -0.550. The summed E-state index contributed by atoms with van der Waals surface area (Å²) in [5, 5.41) is 12.2. The lowest BCUT2D eigenvalue weighted by molar-refractivity contribution is 0.370. The second-order valence-corrected chi connectivity index (χ2v) is 5.17. The molecular weight excluding hydrogens is 172 g/mol. The topological polar surface area (TPSA) is 35.8 Å². The van der Waals surface area contributed by atoms with E-state index >= 15 is 0 Å². The van der Waals surface area contributed by atoms with Crippen LogP contribution in [0.4, 0.5) is 0 Å². The second kappa shape index (κ2) is 6.03. The fourth-order valence-electron chi connectivity index (χ4n) is 1.02. The van der Waals surface area contributed by atoms with Crippen LogP contribution in [-0.2, 0) is 0 Å². The van der Waals surface area contributed by atoms with Gasteiger partial charge in [-0.1, -0.05) is 20.8 Å². The lowest BCUT2D eigenvalue weighted by atomic mass is 9.91. The van der Waals surface area contributed by atoms with Gasteiger partial charge < -0.3 is 5.32 Å². The van der Waals surface area contributed by atoms with E-state index in [4.69, 9.17) is 5.26 Å². The SMILES string of the molecule is CC(C)C(C)CNCCC(C)(C)C#N. The molecule has 2 heteroatoms. The van der Waals surface area contributed by atoms with Gasteiger partial charge in [-0.3, -0.25) is 0 Å². The van der Waals surface area contributed by atoms with Crippen LogP contribution in [0.1, 0.15) is 41.0 Å². The van der Waals surface area contributed by atoms with Crippen molar-refractivity contribution in [3.05, 3.63) is 0 Å². The summed E-state index contributed by atoms with van der Waals surface area (Å²) in [5.41, 5.74) is -0.186. The minimum atomic E-state index is -0.186. The lowest BCUT2D eigenvalue weighted by Gasteiger charge is -2.19. The Balaban J connectivity index is 3.53. The molecule has 0 saturated carbocycles. The minimum Gasteiger partial charge on any atom is -0.316 e. The quantitative estimate of drug-likeness (QED) is 0.663. The average molecular weight is 196 g/mol. The maximum absolute atomic E-state index is 8.81. The summed E-state index contributed by atoms with van der Waals surface area (Å²) in [4.78, 5) is 0. The van der Waals surface area contributed by atoms with Gasteiger partial charge in [0, 0.05) is 0 Å². The van der Waals surface area contributed by atoms with E-state index < -0.39 is 0 Å². The zero-order valence-electron chi connectivity index (χ0n) is 10.2. The third kappa shape index (κ3) is 5.99. The van der Waals surface area contributed by atoms with Crippen LogP contribution in [0.5, 0.6) is 0 Å². The molecule has 0 rings (SSSR count). The van der Waals surface area contributed by atoms with Gasteiger partial charge in [-0.25, -0.2) is 0 Å². The van der Waals surface area contributed by atoms with Gasteiger partial charge in [0.25, 0.3) is 0 Å². The van der Waals surface area contributed by atoms with Crippen molar-refractivity contribution in [2.75, 3.05) is 13.1 Å². The van der Waals surface area contributed by atoms with Crippen molar-refractivity contribution in [1.82, 2.24) is 5.32 Å². The molecule has 0 aliphatic heterocycles. The number of nitriles is 1. The van der Waals surface area contributed by atoms with Crippen molar-refractivity contribution in [2.45, 2.75) is 41.0 Å². The Labute approximate surface area is 88.7 Å². The second-order valence-electron chi connectivity index (χ2n) is 5.17. The van der Waals surface area contributed by atoms with Crippen LogP contribution in [0.3, 0.4) is 0 Å². The highest BCUT2D eigenvalue weighted by Gasteiger charge is 2.15. The Kier molecular flexibility index (Phi) is 5.79. The van der Waals surface area contributed by atoms with Crippen molar-refractivity contribution in [1.29, 1.82) is 5.26 Å². The van der Waals surface area contributed by atoms with E-state index in [1.54, 1.807) is 0 Å². The van der Waals surface area contributed by atoms with E-state index in [0.717, 1.165) is 25.4 Å². The largest absolute Gasteiger partial charge is 0.316 e. The smallest absolute Gasteiger partial charge is 0.0684 e. The molecule has 0 bridgehead atoms. The molecule has 1 unspecified atom stereocenters. The zero-order chi connectivity index (χ0) is 11.2. The fourth-order valence-corrected chi connectivity index (χ4v) is 1.02. The van der Waals surface area contributed by atoms with Gasteiger partial charge in [0.1, 0.15) is 0 Å². The van der Waals surface area contributed by atoms with E-state index in [1.807, 2.05) is 13.8 Å². The van der Waals surface area contributed by atoms with Crippen molar-refractivity contribution < 1.29 is 0 Å². The van der Waals surface area contributed by atoms with Gasteiger partial charge in [0.2, 0.25) is 0 Å². The molecule has 0 radical (unpaired) electrons. The highest BCUT2D eigenvalue weighted by Crippen LogP contribution is 2.17. The zero-order valence-corrected chi connectivity index (χ0v) is 10.2. The van der Waals surface area contributed by atoms with Gasteiger partial charge in [-0.15, -0.1) is 0 Å². The molecule has 0 aromatic rings. The van der Waals surface area contributed by atoms with E-state index in [0.29, 0.717) is 5.92 Å². The molecule has 0 aromatic carbocycles. The summed E-state index contributed by atoms with van der Waals surface area (Å²) in [6.45, 7) is 12.7. The van der Waals surface area contributed by atoms with Crippen molar-refractivity contribution in [2.24, 2.45) is 17.3 Å². The maximum Gasteiger partial charge on any atom is 0.0684 e. The van der Waals surface area contributed by atoms with Crippen LogP contribution in [0.15, 0.2) is 0 Å². The van der Waals surface area contributed by atoms with Crippen molar-refractivity contribution >= 4 is 0 Å². The van der Waals surface area contributed by atoms with Crippen LogP contribution in [-0.4, -0.2) is 13.1 Å². The van der Waals surface area contributed by atoms with Gasteiger partial charge in [0.05, 0.1) is 11.5 Å². The van der Waals surface area contributed by atoms with E-state index in [9.17, 15) is 0 Å². The summed E-state index contributed by atoms with van der Waals surface area (Å²) in [6.07, 6.45) is 0.925. The Morgan fingerprint density at radius 3 is 2.29 bits per heavy atom. The third-order valence-corrected chi connectivity index (χ3v) is 2.83. The lowest BCUT2D eigenvalue weighted by Crippen LogP contribution is -2.27. The summed E-state index contributed by atoms with van der Waals surface area (Å²) in [7, 11) is 0. The fraction of sp³-hybridized carbons (Fsp3) is 0.917. The van der Waals surface area contributed by atoms with Gasteiger partial charge in [0.15, 0.2) is 0 Å². The molecule has 2 nitrogen and oxygen atoms in total. The van der Waals surface area contributed by atoms with Crippen molar-refractivity contribution in [3.8, 4) is 6.07 Å². The normalized spacial score (nSPS) is 14.1. The highest BCUT2D eigenvalue weighted by atomic mass is 14.9. The van der Waals surface area contributed by atoms with Crippen molar-refractivity contribution in [3.63, 3.8) is 0 Å². The van der Waals surface area contributed by atoms with Crippen LogP contribution < -0.4 is 5.32 Å². The molecule has 0 amide bonds. The Morgan fingerprint density at radius 1 is 1.29 bits per heavy atom. The predicted molar refractivity (Wildman–Crippen MR) is 60.9 cm³/mol. The first-order valence-corrected chi connectivity index (χ1v) is 5.51. The third-order valence-electron chi connectivity index (χ3n) is 2.83. The van der Waals surface area contributed by atoms with Gasteiger partial charge >= 0.3 is 0 Å². The molecule has 0 aliphatic carbocycles. The standard InChI is InChI=1S/C12H24N2/c1-10(2)11(3)8-14-7-6-12(4,5)9-13/h10-11,14H,6-8H2,1-5H3. The van der Waals surface area contributed by atoms with Crippen LogP contribution >= 0.6 is 0 Å². The Bertz CT molecular complexity index is 189. The van der Waals surface area contributed by atoms with Crippen LogP contribution in [0.2, 0.25) is 0 Å². The van der Waals surface area contributed by atoms with E-state index in [2.05, 4.69) is 32.2 Å². The minimum absolute atomic E-state index is 0.186. The molecule has 1 atom stereocenters. The summed E-state index contributed by atoms with van der Waals surface area (Å²) >= 11 is 0. The number of hydrogen-bond acceptors (Lipinski definition) is 2. The highest BCUT2D eigenvalue weighted by molar-refractivity contribution is 4.91. The van der Waals surface area contributed by atoms with Gasteiger partial charge in [-0.05, 0) is 45.2 Å². The maximum atomic E-state index is 8.81. The summed E-state index contributed by atoms with van der Waals surface area (Å²) in [6, 6.07) is 2.31. The molecule has 0 saturated heterocycles. The Morgan fingerprint density at radius 2 is 1.86 bits per heavy atom. The number of hydrogen-bond donors (Lipinski definition) is 1. The molecule has 0 aromatic heterocycles. The predicted octanol–water partition coefficient (Wildman–Crippen LogP) is 2.81. The van der Waals surface area contributed by atoms with E-state index in [-0.39, 0.29) is 5.41 Å². The molecule has 0 aliphatic rings. The van der Waals surface area contributed by atoms with Crippen LogP contribution in [0, 0.1) is 28.6 Å². The summed E-state index contributed by atoms with van der Waals surface area (Å²) < 4.78 is 0. The monoisotopic (exact) mass is 196 g/mol. The molecule has 82 valence electrons. The first kappa shape index (κ1) is 13.4. The molecule has 0 spiro atoms. The summed E-state index contributed by atoms with van der Waals surface area (Å²) in [5.74, 6) is 1.44. The number of rotatable bonds is 6. The molecule has 0 fully saturated rings. The molecule has 1 N–H and O–H groups in total. The van der Waals surface area contributed by atoms with Crippen LogP contribution in [0.25, 0.3) is 0 Å². The first-order valence-electron chi connectivity index (χ1n) is 5.51. The van der Waals surface area contributed by atoms with Gasteiger partial charge in [-0.2, -0.15) is 5.26 Å². The first-order chi connectivity index (χ1) is 6.39. The molecule has 0 heterocycles.